The molecule has 0 atom stereocenters. The number of carboxylic acid groups (broad SMARTS) is 1. The van der Waals surface area contributed by atoms with Gasteiger partial charge in [-0.15, -0.1) is 11.3 Å². The lowest BCUT2D eigenvalue weighted by Gasteiger charge is -2.00. The molecule has 0 aliphatic rings. The molecule has 5 heteroatoms. The Morgan fingerprint density at radius 1 is 1.41 bits per heavy atom. The second-order valence-electron chi connectivity index (χ2n) is 3.42. The first kappa shape index (κ1) is 11.6. The highest BCUT2D eigenvalue weighted by Gasteiger charge is 2.05. The first-order valence-electron chi connectivity index (χ1n) is 4.97. The van der Waals surface area contributed by atoms with Crippen LogP contribution in [0.1, 0.15) is 5.69 Å². The topological polar surface area (TPSA) is 62.2 Å². The SMILES string of the molecule is COc1ccc(-c2nc(CC(=O)[O-])cs2)cc1. The van der Waals surface area contributed by atoms with Gasteiger partial charge in [0.2, 0.25) is 0 Å². The summed E-state index contributed by atoms with van der Waals surface area (Å²) in [6.45, 7) is 0. The summed E-state index contributed by atoms with van der Waals surface area (Å²) >= 11 is 1.42. The summed E-state index contributed by atoms with van der Waals surface area (Å²) in [5.41, 5.74) is 1.47. The Balaban J connectivity index is 2.21. The minimum atomic E-state index is -1.11. The third kappa shape index (κ3) is 2.82. The number of aliphatic carboxylic acids is 1. The van der Waals surface area contributed by atoms with E-state index < -0.39 is 5.97 Å². The Bertz CT molecular complexity index is 519. The van der Waals surface area contributed by atoms with Gasteiger partial charge < -0.3 is 14.6 Å². The molecule has 0 saturated carbocycles. The number of hydrogen-bond acceptors (Lipinski definition) is 5. The molecule has 0 bridgehead atoms. The second kappa shape index (κ2) is 4.97. The lowest BCUT2D eigenvalue weighted by atomic mass is 10.2. The highest BCUT2D eigenvalue weighted by Crippen LogP contribution is 2.25. The summed E-state index contributed by atoms with van der Waals surface area (Å²) in [6, 6.07) is 7.46. The number of benzene rings is 1. The molecule has 1 heterocycles. The van der Waals surface area contributed by atoms with Crippen molar-refractivity contribution in [1.82, 2.24) is 4.98 Å². The third-order valence-corrected chi connectivity index (χ3v) is 3.15. The van der Waals surface area contributed by atoms with Gasteiger partial charge in [-0.2, -0.15) is 0 Å². The minimum absolute atomic E-state index is 0.146. The second-order valence-corrected chi connectivity index (χ2v) is 4.28. The van der Waals surface area contributed by atoms with Crippen molar-refractivity contribution in [3.63, 3.8) is 0 Å². The van der Waals surface area contributed by atoms with Crippen LogP contribution in [0.4, 0.5) is 0 Å². The van der Waals surface area contributed by atoms with E-state index in [0.29, 0.717) is 5.69 Å². The van der Waals surface area contributed by atoms with E-state index in [9.17, 15) is 9.90 Å². The summed E-state index contributed by atoms with van der Waals surface area (Å²) in [5.74, 6) is -0.336. The number of thiazole rings is 1. The van der Waals surface area contributed by atoms with E-state index in [1.807, 2.05) is 24.3 Å². The summed E-state index contributed by atoms with van der Waals surface area (Å²) in [5, 5.41) is 13.0. The van der Waals surface area contributed by atoms with Crippen molar-refractivity contribution >= 4 is 17.3 Å². The molecule has 0 saturated heterocycles. The third-order valence-electron chi connectivity index (χ3n) is 2.21. The zero-order chi connectivity index (χ0) is 12.3. The zero-order valence-electron chi connectivity index (χ0n) is 9.17. The Kier molecular flexibility index (Phi) is 3.39. The van der Waals surface area contributed by atoms with Crippen LogP contribution in [0.15, 0.2) is 29.6 Å². The molecule has 0 spiro atoms. The average Bonchev–Trinajstić information content (AvgIpc) is 2.77. The molecule has 0 N–H and O–H groups in total. The van der Waals surface area contributed by atoms with Gasteiger partial charge in [-0.3, -0.25) is 0 Å². The molecule has 0 fully saturated rings. The number of hydrogen-bond donors (Lipinski definition) is 0. The van der Waals surface area contributed by atoms with E-state index in [4.69, 9.17) is 4.74 Å². The molecule has 2 rings (SSSR count). The number of carbonyl (C=O) groups excluding carboxylic acids is 1. The van der Waals surface area contributed by atoms with E-state index in [1.54, 1.807) is 12.5 Å². The number of aromatic nitrogens is 1. The van der Waals surface area contributed by atoms with Gasteiger partial charge in [0, 0.05) is 23.3 Å². The quantitative estimate of drug-likeness (QED) is 0.813. The maximum absolute atomic E-state index is 10.4. The van der Waals surface area contributed by atoms with Gasteiger partial charge >= 0.3 is 0 Å². The van der Waals surface area contributed by atoms with Crippen LogP contribution in [0.2, 0.25) is 0 Å². The van der Waals surface area contributed by atoms with Gasteiger partial charge in [0.25, 0.3) is 0 Å². The van der Waals surface area contributed by atoms with Gasteiger partial charge in [0.1, 0.15) is 10.8 Å². The Labute approximate surface area is 103 Å². The lowest BCUT2D eigenvalue weighted by Crippen LogP contribution is -2.24. The van der Waals surface area contributed by atoms with Crippen LogP contribution in [-0.4, -0.2) is 18.1 Å². The number of carbonyl (C=O) groups is 1. The van der Waals surface area contributed by atoms with Crippen LogP contribution >= 0.6 is 11.3 Å². The van der Waals surface area contributed by atoms with Crippen LogP contribution in [0, 0.1) is 0 Å². The molecule has 0 unspecified atom stereocenters. The number of ether oxygens (including phenoxy) is 1. The van der Waals surface area contributed by atoms with Crippen molar-refractivity contribution < 1.29 is 14.6 Å². The molecule has 0 radical (unpaired) electrons. The molecule has 1 aromatic heterocycles. The molecule has 0 aliphatic heterocycles. The fourth-order valence-electron chi connectivity index (χ4n) is 1.40. The maximum atomic E-state index is 10.4. The summed E-state index contributed by atoms with van der Waals surface area (Å²) in [7, 11) is 1.61. The van der Waals surface area contributed by atoms with E-state index >= 15 is 0 Å². The van der Waals surface area contributed by atoms with E-state index in [-0.39, 0.29) is 6.42 Å². The van der Waals surface area contributed by atoms with Crippen LogP contribution in [0.3, 0.4) is 0 Å². The van der Waals surface area contributed by atoms with Crippen molar-refractivity contribution in [3.8, 4) is 16.3 Å². The van der Waals surface area contributed by atoms with Crippen molar-refractivity contribution in [2.75, 3.05) is 7.11 Å². The fourth-order valence-corrected chi connectivity index (χ4v) is 2.23. The molecular formula is C12H10NO3S-. The fraction of sp³-hybridized carbons (Fsp3) is 0.167. The zero-order valence-corrected chi connectivity index (χ0v) is 9.99. The number of nitrogens with zero attached hydrogens (tertiary/aromatic N) is 1. The molecule has 17 heavy (non-hydrogen) atoms. The lowest BCUT2D eigenvalue weighted by molar-refractivity contribution is -0.304. The van der Waals surface area contributed by atoms with Gasteiger partial charge in [-0.1, -0.05) is 0 Å². The monoisotopic (exact) mass is 248 g/mol. The van der Waals surface area contributed by atoms with Gasteiger partial charge in [-0.25, -0.2) is 4.98 Å². The van der Waals surface area contributed by atoms with Gasteiger partial charge in [0.15, 0.2) is 0 Å². The van der Waals surface area contributed by atoms with Crippen LogP contribution in [0.5, 0.6) is 5.75 Å². The molecule has 1 aromatic carbocycles. The predicted octanol–water partition coefficient (Wildman–Crippen LogP) is 1.11. The van der Waals surface area contributed by atoms with Crippen molar-refractivity contribution in [1.29, 1.82) is 0 Å². The molecule has 88 valence electrons. The smallest absolute Gasteiger partial charge is 0.123 e. The largest absolute Gasteiger partial charge is 0.550 e. The molecule has 4 nitrogen and oxygen atoms in total. The van der Waals surface area contributed by atoms with Crippen LogP contribution in [-0.2, 0) is 11.2 Å². The van der Waals surface area contributed by atoms with E-state index in [2.05, 4.69) is 4.98 Å². The maximum Gasteiger partial charge on any atom is 0.123 e. The minimum Gasteiger partial charge on any atom is -0.550 e. The summed E-state index contributed by atoms with van der Waals surface area (Å²) in [6.07, 6.45) is -0.146. The Morgan fingerprint density at radius 2 is 2.12 bits per heavy atom. The Hall–Kier alpha value is -1.88. The number of carboxylic acids is 1. The van der Waals surface area contributed by atoms with Crippen LogP contribution < -0.4 is 9.84 Å². The van der Waals surface area contributed by atoms with Crippen molar-refractivity contribution in [2.45, 2.75) is 6.42 Å². The average molecular weight is 248 g/mol. The van der Waals surface area contributed by atoms with Gasteiger partial charge in [0.05, 0.1) is 12.8 Å². The molecule has 0 amide bonds. The highest BCUT2D eigenvalue weighted by molar-refractivity contribution is 7.13. The number of rotatable bonds is 4. The molecular weight excluding hydrogens is 238 g/mol. The van der Waals surface area contributed by atoms with Gasteiger partial charge in [-0.05, 0) is 24.3 Å². The standard InChI is InChI=1S/C12H11NO3S/c1-16-10-4-2-8(3-5-10)12-13-9(7-17-12)6-11(14)15/h2-5,7H,6H2,1H3,(H,14,15)/p-1. The normalized spacial score (nSPS) is 10.2. The van der Waals surface area contributed by atoms with Crippen LogP contribution in [0.25, 0.3) is 10.6 Å². The first-order valence-corrected chi connectivity index (χ1v) is 5.85. The molecule has 2 aromatic rings. The summed E-state index contributed by atoms with van der Waals surface area (Å²) < 4.78 is 5.06. The van der Waals surface area contributed by atoms with E-state index in [0.717, 1.165) is 16.3 Å². The molecule has 0 aliphatic carbocycles. The summed E-state index contributed by atoms with van der Waals surface area (Å²) in [4.78, 5) is 14.7. The number of methoxy groups -OCH3 is 1. The van der Waals surface area contributed by atoms with Crippen molar-refractivity contribution in [2.24, 2.45) is 0 Å². The predicted molar refractivity (Wildman–Crippen MR) is 62.8 cm³/mol. The first-order chi connectivity index (χ1) is 8.19. The van der Waals surface area contributed by atoms with Crippen molar-refractivity contribution in [3.05, 3.63) is 35.3 Å². The highest BCUT2D eigenvalue weighted by atomic mass is 32.1. The Morgan fingerprint density at radius 3 is 2.71 bits per heavy atom. The van der Waals surface area contributed by atoms with E-state index in [1.165, 1.54) is 11.3 Å².